The van der Waals surface area contributed by atoms with E-state index in [1.165, 1.54) is 88.7 Å². The molecule has 0 heterocycles. The van der Waals surface area contributed by atoms with Crippen molar-refractivity contribution in [2.24, 2.45) is 0 Å². The molecule has 0 bridgehead atoms. The average Bonchev–Trinajstić information content (AvgIpc) is 3.56. The van der Waals surface area contributed by atoms with Gasteiger partial charge in [-0.1, -0.05) is 164 Å². The molecule has 0 radical (unpaired) electrons. The summed E-state index contributed by atoms with van der Waals surface area (Å²) < 4.78 is 0. The normalized spacial score (nSPS) is 15.0. The maximum Gasteiger partial charge on any atom is 0.0714 e. The summed E-state index contributed by atoms with van der Waals surface area (Å²) in [6.45, 7) is 23.0. The van der Waals surface area contributed by atoms with E-state index in [9.17, 15) is 0 Å². The summed E-state index contributed by atoms with van der Waals surface area (Å²) in [7, 11) is 0. The maximum atomic E-state index is 3.85. The molecule has 7 aromatic rings. The van der Waals surface area contributed by atoms with Gasteiger partial charge in [0.25, 0.3) is 0 Å². The van der Waals surface area contributed by atoms with Gasteiger partial charge in [-0.15, -0.1) is 0 Å². The monoisotopic (exact) mass is 715 g/mol. The molecule has 2 aliphatic carbocycles. The Morgan fingerprint density at radius 3 is 1.71 bits per heavy atom. The van der Waals surface area contributed by atoms with E-state index >= 15 is 0 Å². The molecule has 0 fully saturated rings. The number of benzene rings is 7. The molecule has 0 amide bonds. The topological polar surface area (TPSA) is 12.0 Å². The summed E-state index contributed by atoms with van der Waals surface area (Å²) in [4.78, 5) is 0. The fraction of sp³-hybridized carbons (Fsp3) is 0.259. The van der Waals surface area contributed by atoms with E-state index in [0.29, 0.717) is 0 Å². The predicted octanol–water partition coefficient (Wildman–Crippen LogP) is 14.5. The molecule has 1 heteroatoms. The maximum absolute atomic E-state index is 3.85. The molecule has 0 atom stereocenters. The van der Waals surface area contributed by atoms with Gasteiger partial charge in [-0.3, -0.25) is 0 Å². The minimum atomic E-state index is -0.552. The molecule has 0 aromatic heterocycles. The van der Waals surface area contributed by atoms with Crippen LogP contribution in [0.25, 0.3) is 33.0 Å². The molecule has 1 nitrogen and oxygen atoms in total. The van der Waals surface area contributed by atoms with Crippen molar-refractivity contribution in [3.05, 3.63) is 189 Å². The standard InChI is InChI=1S/C54H53N/c1-33-15-28-49(34(2)29-33)55-40-25-26-42-43-31-46-44(50-41-14-12-11-13-35(41)16-27-45(50)53(46,9)10)32-48(43)54(47(42)30-40,38-21-17-36(18-22-38)51(3,4)5)39-23-19-37(20-24-39)52(6,7)8/h11-32,55H,1-10H3. The highest BCUT2D eigenvalue weighted by Gasteiger charge is 2.49. The van der Waals surface area contributed by atoms with Crippen LogP contribution in [-0.4, -0.2) is 0 Å². The highest BCUT2D eigenvalue weighted by Crippen LogP contribution is 2.61. The van der Waals surface area contributed by atoms with E-state index in [0.717, 1.165) is 11.4 Å². The second-order valence-corrected chi connectivity index (χ2v) is 18.9. The third kappa shape index (κ3) is 5.34. The summed E-state index contributed by atoms with van der Waals surface area (Å²) >= 11 is 0. The SMILES string of the molecule is Cc1ccc(Nc2ccc3c(c2)C(c2ccc(C(C)(C)C)cc2)(c2ccc(C(C)(C)C)cc2)c2cc4c(cc2-3)C(C)(C)c2ccc3ccccc3c2-4)c(C)c1. The molecule has 1 N–H and O–H groups in total. The first-order valence-corrected chi connectivity index (χ1v) is 20.0. The Balaban J connectivity index is 1.38. The summed E-state index contributed by atoms with van der Waals surface area (Å²) in [6.07, 6.45) is 0. The van der Waals surface area contributed by atoms with Crippen LogP contribution >= 0.6 is 0 Å². The largest absolute Gasteiger partial charge is 0.355 e. The van der Waals surface area contributed by atoms with Crippen molar-refractivity contribution in [2.75, 3.05) is 5.32 Å². The van der Waals surface area contributed by atoms with Crippen LogP contribution in [0.1, 0.15) is 111 Å². The van der Waals surface area contributed by atoms with E-state index in [4.69, 9.17) is 0 Å². The lowest BCUT2D eigenvalue weighted by Gasteiger charge is -2.35. The van der Waals surface area contributed by atoms with Crippen molar-refractivity contribution in [1.82, 2.24) is 0 Å². The van der Waals surface area contributed by atoms with Crippen LogP contribution in [0.15, 0.2) is 133 Å². The minimum absolute atomic E-state index is 0.0473. The van der Waals surface area contributed by atoms with Crippen molar-refractivity contribution < 1.29 is 0 Å². The quantitative estimate of drug-likeness (QED) is 0.191. The summed E-state index contributed by atoms with van der Waals surface area (Å²) in [5.74, 6) is 0. The van der Waals surface area contributed by atoms with E-state index in [1.54, 1.807) is 0 Å². The van der Waals surface area contributed by atoms with Crippen molar-refractivity contribution in [2.45, 2.75) is 90.9 Å². The number of hydrogen-bond donors (Lipinski definition) is 1. The molecule has 9 rings (SSSR count). The number of hydrogen-bond acceptors (Lipinski definition) is 1. The van der Waals surface area contributed by atoms with Crippen LogP contribution in [0.4, 0.5) is 11.4 Å². The van der Waals surface area contributed by atoms with Gasteiger partial charge in [0.15, 0.2) is 0 Å². The van der Waals surface area contributed by atoms with Crippen molar-refractivity contribution >= 4 is 22.1 Å². The zero-order chi connectivity index (χ0) is 38.7. The van der Waals surface area contributed by atoms with E-state index in [2.05, 4.69) is 208 Å². The smallest absolute Gasteiger partial charge is 0.0714 e. The lowest BCUT2D eigenvalue weighted by atomic mass is 9.66. The van der Waals surface area contributed by atoms with Crippen molar-refractivity contribution in [3.63, 3.8) is 0 Å². The fourth-order valence-corrected chi connectivity index (χ4v) is 9.74. The predicted molar refractivity (Wildman–Crippen MR) is 235 cm³/mol. The van der Waals surface area contributed by atoms with Crippen LogP contribution in [0.2, 0.25) is 0 Å². The van der Waals surface area contributed by atoms with Gasteiger partial charge < -0.3 is 5.32 Å². The number of aryl methyl sites for hydroxylation is 2. The number of nitrogens with one attached hydrogen (secondary N) is 1. The van der Waals surface area contributed by atoms with E-state index in [-0.39, 0.29) is 16.2 Å². The average molecular weight is 716 g/mol. The summed E-state index contributed by atoms with van der Waals surface area (Å²) in [6, 6.07) is 51.7. The Kier molecular flexibility index (Phi) is 7.74. The van der Waals surface area contributed by atoms with Crippen LogP contribution in [0.3, 0.4) is 0 Å². The molecule has 55 heavy (non-hydrogen) atoms. The Hall–Kier alpha value is -5.40. The number of fused-ring (bicyclic) bond motifs is 8. The fourth-order valence-electron chi connectivity index (χ4n) is 9.74. The molecular weight excluding hydrogens is 663 g/mol. The van der Waals surface area contributed by atoms with Gasteiger partial charge in [0.1, 0.15) is 0 Å². The third-order valence-electron chi connectivity index (χ3n) is 12.8. The van der Waals surface area contributed by atoms with Gasteiger partial charge in [0.2, 0.25) is 0 Å². The molecule has 274 valence electrons. The lowest BCUT2D eigenvalue weighted by molar-refractivity contribution is 0.588. The Labute approximate surface area is 328 Å². The first kappa shape index (κ1) is 35.3. The molecule has 0 unspecified atom stereocenters. The molecular formula is C54H53N. The minimum Gasteiger partial charge on any atom is -0.355 e. The van der Waals surface area contributed by atoms with Crippen molar-refractivity contribution in [3.8, 4) is 22.3 Å². The highest BCUT2D eigenvalue weighted by atomic mass is 14.9. The summed E-state index contributed by atoms with van der Waals surface area (Å²) in [5.41, 5.74) is 20.3. The second kappa shape index (κ2) is 12.0. The molecule has 0 saturated heterocycles. The number of anilines is 2. The number of rotatable bonds is 4. The van der Waals surface area contributed by atoms with Crippen LogP contribution in [-0.2, 0) is 21.7 Å². The van der Waals surface area contributed by atoms with Gasteiger partial charge in [-0.25, -0.2) is 0 Å². The lowest BCUT2D eigenvalue weighted by Crippen LogP contribution is -2.29. The zero-order valence-electron chi connectivity index (χ0n) is 34.2. The first-order valence-electron chi connectivity index (χ1n) is 20.0. The second-order valence-electron chi connectivity index (χ2n) is 18.9. The molecule has 0 aliphatic heterocycles. The van der Waals surface area contributed by atoms with Crippen LogP contribution in [0, 0.1) is 13.8 Å². The molecule has 2 aliphatic rings. The van der Waals surface area contributed by atoms with Crippen molar-refractivity contribution in [1.29, 1.82) is 0 Å². The third-order valence-corrected chi connectivity index (χ3v) is 12.8. The Bertz CT molecular complexity index is 2600. The Morgan fingerprint density at radius 2 is 1.09 bits per heavy atom. The molecule has 7 aromatic carbocycles. The van der Waals surface area contributed by atoms with Gasteiger partial charge in [0, 0.05) is 16.8 Å². The van der Waals surface area contributed by atoms with Gasteiger partial charge in [-0.2, -0.15) is 0 Å². The van der Waals surface area contributed by atoms with Gasteiger partial charge >= 0.3 is 0 Å². The summed E-state index contributed by atoms with van der Waals surface area (Å²) in [5, 5.41) is 6.47. The highest BCUT2D eigenvalue weighted by molar-refractivity contribution is 6.04. The molecule has 0 spiro atoms. The first-order chi connectivity index (χ1) is 26.1. The van der Waals surface area contributed by atoms with Gasteiger partial charge in [0.05, 0.1) is 5.41 Å². The zero-order valence-corrected chi connectivity index (χ0v) is 34.2. The molecule has 0 saturated carbocycles. The van der Waals surface area contributed by atoms with Crippen LogP contribution in [0.5, 0.6) is 0 Å². The van der Waals surface area contributed by atoms with Gasteiger partial charge in [-0.05, 0) is 138 Å². The van der Waals surface area contributed by atoms with E-state index in [1.807, 2.05) is 0 Å². The Morgan fingerprint density at radius 1 is 0.491 bits per heavy atom. The van der Waals surface area contributed by atoms with Crippen LogP contribution < -0.4 is 5.32 Å². The van der Waals surface area contributed by atoms with E-state index < -0.39 is 5.41 Å².